The lowest BCUT2D eigenvalue weighted by Gasteiger charge is -2.17. The molecular formula is C18H21N5O. The van der Waals surface area contributed by atoms with E-state index in [1.54, 1.807) is 12.4 Å². The van der Waals surface area contributed by atoms with Gasteiger partial charge in [-0.25, -0.2) is 9.97 Å². The first-order valence-corrected chi connectivity index (χ1v) is 8.53. The number of anilines is 3. The van der Waals surface area contributed by atoms with Crippen LogP contribution in [0.25, 0.3) is 0 Å². The van der Waals surface area contributed by atoms with Gasteiger partial charge >= 0.3 is 0 Å². The minimum atomic E-state index is -0.193. The van der Waals surface area contributed by atoms with Gasteiger partial charge in [-0.3, -0.25) is 4.79 Å². The average Bonchev–Trinajstić information content (AvgIpc) is 3.25. The molecule has 1 aromatic carbocycles. The van der Waals surface area contributed by atoms with Gasteiger partial charge in [0, 0.05) is 42.9 Å². The third-order valence-electron chi connectivity index (χ3n) is 4.42. The van der Waals surface area contributed by atoms with Crippen molar-refractivity contribution in [3.8, 4) is 0 Å². The highest BCUT2D eigenvalue weighted by Crippen LogP contribution is 2.23. The average molecular weight is 323 g/mol. The van der Waals surface area contributed by atoms with Gasteiger partial charge in [-0.1, -0.05) is 0 Å². The molecule has 1 saturated carbocycles. The van der Waals surface area contributed by atoms with Crippen molar-refractivity contribution >= 4 is 23.2 Å². The molecule has 6 nitrogen and oxygen atoms in total. The molecule has 2 N–H and O–H groups in total. The zero-order valence-corrected chi connectivity index (χ0v) is 13.5. The molecule has 0 bridgehead atoms. The second-order valence-electron chi connectivity index (χ2n) is 6.41. The maximum absolute atomic E-state index is 12.3. The van der Waals surface area contributed by atoms with Crippen molar-refractivity contribution < 1.29 is 4.79 Å². The molecule has 2 aromatic rings. The van der Waals surface area contributed by atoms with Crippen molar-refractivity contribution in [2.24, 2.45) is 0 Å². The summed E-state index contributed by atoms with van der Waals surface area (Å²) >= 11 is 0. The first-order chi connectivity index (χ1) is 11.8. The number of rotatable bonds is 5. The van der Waals surface area contributed by atoms with Gasteiger partial charge < -0.3 is 15.5 Å². The number of nitrogens with zero attached hydrogens (tertiary/aromatic N) is 3. The van der Waals surface area contributed by atoms with Gasteiger partial charge in [0.2, 0.25) is 5.95 Å². The number of carbonyl (C=O) groups excluding carboxylic acids is 1. The fraction of sp³-hybridized carbons (Fsp3) is 0.389. The monoisotopic (exact) mass is 323 g/mol. The molecule has 1 aliphatic carbocycles. The van der Waals surface area contributed by atoms with E-state index in [2.05, 4.69) is 37.6 Å². The van der Waals surface area contributed by atoms with Crippen LogP contribution in [0.5, 0.6) is 0 Å². The van der Waals surface area contributed by atoms with Gasteiger partial charge in [-0.05, 0) is 49.9 Å². The summed E-state index contributed by atoms with van der Waals surface area (Å²) < 4.78 is 0. The molecule has 4 rings (SSSR count). The Bertz CT molecular complexity index is 703. The summed E-state index contributed by atoms with van der Waals surface area (Å²) in [6.45, 7) is 2.23. The summed E-state index contributed by atoms with van der Waals surface area (Å²) in [6, 6.07) is 8.49. The van der Waals surface area contributed by atoms with Gasteiger partial charge in [0.1, 0.15) is 0 Å². The molecule has 1 aromatic heterocycles. The SMILES string of the molecule is O=C(Nc1ccc(N2CCCC2)cc1)c1cnc(NC2CC2)nc1. The van der Waals surface area contributed by atoms with Crippen LogP contribution >= 0.6 is 0 Å². The van der Waals surface area contributed by atoms with E-state index in [1.165, 1.54) is 31.4 Å². The Hall–Kier alpha value is -2.63. The summed E-state index contributed by atoms with van der Waals surface area (Å²) in [5.41, 5.74) is 2.45. The molecule has 6 heteroatoms. The quantitative estimate of drug-likeness (QED) is 0.885. The highest BCUT2D eigenvalue weighted by atomic mass is 16.1. The Morgan fingerprint density at radius 3 is 2.33 bits per heavy atom. The molecule has 2 aliphatic rings. The molecule has 0 unspecified atom stereocenters. The molecule has 1 amide bonds. The zero-order chi connectivity index (χ0) is 16.4. The lowest BCUT2D eigenvalue weighted by Crippen LogP contribution is -2.17. The maximum atomic E-state index is 12.3. The number of hydrogen-bond donors (Lipinski definition) is 2. The van der Waals surface area contributed by atoms with E-state index in [0.717, 1.165) is 18.8 Å². The fourth-order valence-electron chi connectivity index (χ4n) is 2.86. The van der Waals surface area contributed by atoms with E-state index in [0.29, 0.717) is 17.6 Å². The Kier molecular flexibility index (Phi) is 4.02. The summed E-state index contributed by atoms with van der Waals surface area (Å²) in [4.78, 5) is 23.0. The maximum Gasteiger partial charge on any atom is 0.258 e. The third-order valence-corrected chi connectivity index (χ3v) is 4.42. The van der Waals surface area contributed by atoms with Crippen LogP contribution in [0.3, 0.4) is 0 Å². The lowest BCUT2D eigenvalue weighted by atomic mass is 10.2. The van der Waals surface area contributed by atoms with Crippen molar-refractivity contribution in [1.82, 2.24) is 9.97 Å². The summed E-state index contributed by atoms with van der Waals surface area (Å²) in [5, 5.41) is 6.10. The molecular weight excluding hydrogens is 302 g/mol. The highest BCUT2D eigenvalue weighted by Gasteiger charge is 2.21. The number of carbonyl (C=O) groups is 1. The van der Waals surface area contributed by atoms with Gasteiger partial charge in [0.05, 0.1) is 5.56 Å². The topological polar surface area (TPSA) is 70.2 Å². The van der Waals surface area contributed by atoms with Crippen molar-refractivity contribution in [2.75, 3.05) is 28.6 Å². The van der Waals surface area contributed by atoms with Gasteiger partial charge in [-0.15, -0.1) is 0 Å². The van der Waals surface area contributed by atoms with Gasteiger partial charge in [0.25, 0.3) is 5.91 Å². The van der Waals surface area contributed by atoms with E-state index in [9.17, 15) is 4.79 Å². The first-order valence-electron chi connectivity index (χ1n) is 8.53. The summed E-state index contributed by atoms with van der Waals surface area (Å²) in [7, 11) is 0. The number of benzene rings is 1. The van der Waals surface area contributed by atoms with Crippen LogP contribution in [-0.4, -0.2) is 35.0 Å². The second kappa shape index (κ2) is 6.47. The standard InChI is InChI=1S/C18H21N5O/c24-17(13-11-19-18(20-12-13)22-15-3-4-15)21-14-5-7-16(8-6-14)23-9-1-2-10-23/h5-8,11-12,15H,1-4,9-10H2,(H,21,24)(H,19,20,22). The molecule has 1 aliphatic heterocycles. The number of aromatic nitrogens is 2. The Morgan fingerprint density at radius 2 is 1.71 bits per heavy atom. The van der Waals surface area contributed by atoms with Crippen molar-refractivity contribution in [3.63, 3.8) is 0 Å². The lowest BCUT2D eigenvalue weighted by molar-refractivity contribution is 0.102. The normalized spacial score (nSPS) is 16.9. The smallest absolute Gasteiger partial charge is 0.258 e. The summed E-state index contributed by atoms with van der Waals surface area (Å²) in [5.74, 6) is 0.394. The fourth-order valence-corrected chi connectivity index (χ4v) is 2.86. The second-order valence-corrected chi connectivity index (χ2v) is 6.41. The number of hydrogen-bond acceptors (Lipinski definition) is 5. The Balaban J connectivity index is 1.37. The van der Waals surface area contributed by atoms with Crippen LogP contribution in [0.2, 0.25) is 0 Å². The predicted octanol–water partition coefficient (Wildman–Crippen LogP) is 2.90. The molecule has 124 valence electrons. The van der Waals surface area contributed by atoms with Crippen molar-refractivity contribution in [3.05, 3.63) is 42.2 Å². The van der Waals surface area contributed by atoms with Crippen molar-refractivity contribution in [2.45, 2.75) is 31.7 Å². The van der Waals surface area contributed by atoms with Gasteiger partial charge in [-0.2, -0.15) is 0 Å². The molecule has 2 fully saturated rings. The first kappa shape index (κ1) is 14.9. The molecule has 0 spiro atoms. The van der Waals surface area contributed by atoms with E-state index in [4.69, 9.17) is 0 Å². The van der Waals surface area contributed by atoms with Crippen LogP contribution < -0.4 is 15.5 Å². The largest absolute Gasteiger partial charge is 0.372 e. The predicted molar refractivity (Wildman–Crippen MR) is 94.5 cm³/mol. The minimum absolute atomic E-state index is 0.193. The van der Waals surface area contributed by atoms with Crippen LogP contribution in [-0.2, 0) is 0 Å². The van der Waals surface area contributed by atoms with Gasteiger partial charge in [0.15, 0.2) is 0 Å². The van der Waals surface area contributed by atoms with E-state index in [1.807, 2.05) is 12.1 Å². The van der Waals surface area contributed by atoms with E-state index >= 15 is 0 Å². The number of amides is 1. The third kappa shape index (κ3) is 3.48. The Labute approximate surface area is 141 Å². The Morgan fingerprint density at radius 1 is 1.04 bits per heavy atom. The van der Waals surface area contributed by atoms with Crippen LogP contribution in [0, 0.1) is 0 Å². The highest BCUT2D eigenvalue weighted by molar-refractivity contribution is 6.03. The van der Waals surface area contributed by atoms with E-state index in [-0.39, 0.29) is 5.91 Å². The minimum Gasteiger partial charge on any atom is -0.372 e. The molecule has 1 saturated heterocycles. The molecule has 0 radical (unpaired) electrons. The summed E-state index contributed by atoms with van der Waals surface area (Å²) in [6.07, 6.45) is 7.96. The zero-order valence-electron chi connectivity index (χ0n) is 13.5. The molecule has 0 atom stereocenters. The number of nitrogens with one attached hydrogen (secondary N) is 2. The van der Waals surface area contributed by atoms with Crippen LogP contribution in [0.4, 0.5) is 17.3 Å². The van der Waals surface area contributed by atoms with Crippen molar-refractivity contribution in [1.29, 1.82) is 0 Å². The molecule has 2 heterocycles. The molecule has 24 heavy (non-hydrogen) atoms. The van der Waals surface area contributed by atoms with Crippen LogP contribution in [0.15, 0.2) is 36.7 Å². The van der Waals surface area contributed by atoms with E-state index < -0.39 is 0 Å². The van der Waals surface area contributed by atoms with Crippen LogP contribution in [0.1, 0.15) is 36.0 Å².